The van der Waals surface area contributed by atoms with Gasteiger partial charge in [-0.1, -0.05) is 0 Å². The van der Waals surface area contributed by atoms with Gasteiger partial charge in [-0.15, -0.1) is 0 Å². The maximum Gasteiger partial charge on any atom is 0.267 e. The number of benzene rings is 3. The Bertz CT molecular complexity index is 2020. The first-order valence-electron chi connectivity index (χ1n) is 12.8. The topological polar surface area (TPSA) is 110 Å². The number of amides is 1. The number of pyridine rings is 2. The number of carbonyl (C=O) groups is 1. The van der Waals surface area contributed by atoms with E-state index in [0.29, 0.717) is 61.8 Å². The van der Waals surface area contributed by atoms with Crippen molar-refractivity contribution in [1.82, 2.24) is 9.38 Å². The monoisotopic (exact) mass is 553 g/mol. The van der Waals surface area contributed by atoms with Crippen molar-refractivity contribution in [2.45, 2.75) is 13.0 Å². The highest BCUT2D eigenvalue weighted by molar-refractivity contribution is 6.19. The smallest absolute Gasteiger partial charge is 0.267 e. The van der Waals surface area contributed by atoms with E-state index in [-0.39, 0.29) is 11.5 Å². The third-order valence-electron chi connectivity index (χ3n) is 7.20. The zero-order chi connectivity index (χ0) is 28.8. The minimum Gasteiger partial charge on any atom is -0.493 e. The van der Waals surface area contributed by atoms with E-state index in [4.69, 9.17) is 23.7 Å². The van der Waals surface area contributed by atoms with E-state index in [9.17, 15) is 9.59 Å². The molecule has 3 heterocycles. The molecule has 0 saturated heterocycles. The molecule has 10 heteroatoms. The molecule has 0 radical (unpaired) electrons. The lowest BCUT2D eigenvalue weighted by molar-refractivity contribution is -0.122. The lowest BCUT2D eigenvalue weighted by Gasteiger charge is -2.16. The number of hydrogen-bond donors (Lipinski definition) is 1. The highest BCUT2D eigenvalue weighted by atomic mass is 16.5. The molecule has 0 aliphatic rings. The van der Waals surface area contributed by atoms with Crippen LogP contribution in [0.15, 0.2) is 65.6 Å². The third-order valence-corrected chi connectivity index (χ3v) is 7.20. The van der Waals surface area contributed by atoms with Gasteiger partial charge < -0.3 is 29.0 Å². The van der Waals surface area contributed by atoms with Crippen LogP contribution < -0.4 is 34.6 Å². The molecule has 0 saturated carbocycles. The maximum atomic E-state index is 13.9. The number of aromatic nitrogens is 2. The summed E-state index contributed by atoms with van der Waals surface area (Å²) in [6.45, 7) is 1.67. The molecule has 208 valence electrons. The summed E-state index contributed by atoms with van der Waals surface area (Å²) in [6, 6.07) is 16.0. The zero-order valence-corrected chi connectivity index (χ0v) is 23.1. The van der Waals surface area contributed by atoms with E-state index >= 15 is 0 Å². The van der Waals surface area contributed by atoms with E-state index in [1.165, 1.54) is 21.3 Å². The summed E-state index contributed by atoms with van der Waals surface area (Å²) in [7, 11) is 6.12. The molecule has 0 spiro atoms. The SMILES string of the molecule is COc1ccc(NC(=O)[C@@H](C)Oc2ccc3c(c2)c2ccnc4c5ccc(OC)c(OC)c5c(=O)n3c24)cc1OC. The van der Waals surface area contributed by atoms with Crippen LogP contribution in [0.3, 0.4) is 0 Å². The molecule has 1 atom stereocenters. The van der Waals surface area contributed by atoms with Crippen molar-refractivity contribution in [3.63, 3.8) is 0 Å². The van der Waals surface area contributed by atoms with Gasteiger partial charge in [0.15, 0.2) is 29.1 Å². The number of rotatable bonds is 8. The first kappa shape index (κ1) is 26.0. The van der Waals surface area contributed by atoms with Crippen LogP contribution in [0.25, 0.3) is 38.1 Å². The number of nitrogens with zero attached hydrogens (tertiary/aromatic N) is 2. The summed E-state index contributed by atoms with van der Waals surface area (Å²) < 4.78 is 29.3. The predicted octanol–water partition coefficient (Wildman–Crippen LogP) is 5.03. The fourth-order valence-electron chi connectivity index (χ4n) is 5.29. The van der Waals surface area contributed by atoms with Gasteiger partial charge in [0, 0.05) is 34.1 Å². The first-order valence-corrected chi connectivity index (χ1v) is 12.8. The fourth-order valence-corrected chi connectivity index (χ4v) is 5.29. The molecule has 0 fully saturated rings. The van der Waals surface area contributed by atoms with Gasteiger partial charge in [-0.25, -0.2) is 0 Å². The Balaban J connectivity index is 1.40. The molecule has 1 N–H and O–H groups in total. The lowest BCUT2D eigenvalue weighted by Crippen LogP contribution is -2.30. The third kappa shape index (κ3) is 4.07. The molecule has 6 rings (SSSR count). The van der Waals surface area contributed by atoms with Crippen molar-refractivity contribution < 1.29 is 28.5 Å². The molecule has 0 aliphatic heterocycles. The van der Waals surface area contributed by atoms with Crippen molar-refractivity contribution in [3.05, 3.63) is 71.1 Å². The molecule has 0 aliphatic carbocycles. The van der Waals surface area contributed by atoms with Crippen LogP contribution in [0.1, 0.15) is 6.92 Å². The number of nitrogens with one attached hydrogen (secondary N) is 1. The lowest BCUT2D eigenvalue weighted by atomic mass is 10.1. The Kier molecular flexibility index (Phi) is 6.37. The normalized spacial score (nSPS) is 12.1. The number of anilines is 1. The van der Waals surface area contributed by atoms with Crippen molar-refractivity contribution in [1.29, 1.82) is 0 Å². The quantitative estimate of drug-likeness (QED) is 0.261. The Morgan fingerprint density at radius 2 is 1.59 bits per heavy atom. The second kappa shape index (κ2) is 10.1. The van der Waals surface area contributed by atoms with Gasteiger partial charge in [0.2, 0.25) is 0 Å². The fraction of sp³-hybridized carbons (Fsp3) is 0.194. The number of methoxy groups -OCH3 is 4. The molecule has 10 nitrogen and oxygen atoms in total. The summed E-state index contributed by atoms with van der Waals surface area (Å²) in [6.07, 6.45) is 0.897. The number of ether oxygens (including phenoxy) is 5. The van der Waals surface area contributed by atoms with Gasteiger partial charge in [0.1, 0.15) is 5.75 Å². The molecule has 3 aromatic carbocycles. The van der Waals surface area contributed by atoms with E-state index < -0.39 is 6.10 Å². The van der Waals surface area contributed by atoms with Crippen LogP contribution in [0.2, 0.25) is 0 Å². The van der Waals surface area contributed by atoms with Gasteiger partial charge in [-0.3, -0.25) is 19.0 Å². The molecule has 0 unspecified atom stereocenters. The largest absolute Gasteiger partial charge is 0.493 e. The molecule has 41 heavy (non-hydrogen) atoms. The molecule has 1 amide bonds. The second-order valence-corrected chi connectivity index (χ2v) is 9.42. The van der Waals surface area contributed by atoms with Gasteiger partial charge >= 0.3 is 0 Å². The zero-order valence-electron chi connectivity index (χ0n) is 23.1. The molecular formula is C31H27N3O7. The van der Waals surface area contributed by atoms with Crippen LogP contribution in [0.5, 0.6) is 28.7 Å². The van der Waals surface area contributed by atoms with Crippen LogP contribution >= 0.6 is 0 Å². The summed E-state index contributed by atoms with van der Waals surface area (Å²) in [4.78, 5) is 31.5. The van der Waals surface area contributed by atoms with Crippen molar-refractivity contribution >= 4 is 49.7 Å². The highest BCUT2D eigenvalue weighted by Crippen LogP contribution is 2.39. The second-order valence-electron chi connectivity index (χ2n) is 9.42. The minimum absolute atomic E-state index is 0.243. The molecular weight excluding hydrogens is 526 g/mol. The summed E-state index contributed by atoms with van der Waals surface area (Å²) in [5.74, 6) is 2.02. The van der Waals surface area contributed by atoms with Crippen molar-refractivity contribution in [2.75, 3.05) is 33.8 Å². The van der Waals surface area contributed by atoms with Crippen LogP contribution in [-0.4, -0.2) is 49.8 Å². The Labute approximate surface area is 234 Å². The standard InChI is InChI=1S/C31H27N3O7/c1-16(30(35)33-17-6-10-23(37-2)25(14-17)39-4)41-18-7-9-22-21(15-18)19-12-13-32-27-20-8-11-24(38-3)29(40-5)26(20)31(36)34(22)28(19)27/h6-16H,1-5H3,(H,33,35)/t16-/m1/s1. The number of fused-ring (bicyclic) bond motifs is 5. The van der Waals surface area contributed by atoms with E-state index in [0.717, 1.165) is 10.8 Å². The average Bonchev–Trinajstić information content (AvgIpc) is 3.33. The molecule has 6 aromatic rings. The van der Waals surface area contributed by atoms with Crippen LogP contribution in [0.4, 0.5) is 5.69 Å². The average molecular weight is 554 g/mol. The van der Waals surface area contributed by atoms with Gasteiger partial charge in [0.25, 0.3) is 11.5 Å². The highest BCUT2D eigenvalue weighted by Gasteiger charge is 2.23. The minimum atomic E-state index is -0.815. The summed E-state index contributed by atoms with van der Waals surface area (Å²) in [5.41, 5.74) is 2.35. The predicted molar refractivity (Wildman–Crippen MR) is 157 cm³/mol. The summed E-state index contributed by atoms with van der Waals surface area (Å²) >= 11 is 0. The van der Waals surface area contributed by atoms with Gasteiger partial charge in [-0.2, -0.15) is 0 Å². The van der Waals surface area contributed by atoms with E-state index in [1.807, 2.05) is 24.3 Å². The van der Waals surface area contributed by atoms with Crippen molar-refractivity contribution in [2.24, 2.45) is 0 Å². The van der Waals surface area contributed by atoms with Crippen LogP contribution in [-0.2, 0) is 4.79 Å². The van der Waals surface area contributed by atoms with Gasteiger partial charge in [0.05, 0.1) is 50.4 Å². The molecule has 3 aromatic heterocycles. The van der Waals surface area contributed by atoms with Gasteiger partial charge in [-0.05, 0) is 55.5 Å². The van der Waals surface area contributed by atoms with E-state index in [2.05, 4.69) is 10.3 Å². The van der Waals surface area contributed by atoms with E-state index in [1.54, 1.807) is 55.0 Å². The number of carbonyl (C=O) groups excluding carboxylic acids is 1. The molecule has 0 bridgehead atoms. The van der Waals surface area contributed by atoms with Crippen LogP contribution in [0, 0.1) is 0 Å². The number of hydrogen-bond acceptors (Lipinski definition) is 8. The Morgan fingerprint density at radius 1 is 0.829 bits per heavy atom. The maximum absolute atomic E-state index is 13.9. The Morgan fingerprint density at radius 3 is 2.32 bits per heavy atom. The summed E-state index contributed by atoms with van der Waals surface area (Å²) in [5, 5.41) is 5.53. The Hall–Kier alpha value is -5.25. The first-order chi connectivity index (χ1) is 19.9. The van der Waals surface area contributed by atoms with Crippen molar-refractivity contribution in [3.8, 4) is 28.7 Å².